The second kappa shape index (κ2) is 8.83. The Morgan fingerprint density at radius 3 is 1.33 bits per heavy atom. The summed E-state index contributed by atoms with van der Waals surface area (Å²) in [7, 11) is -4.67. The van der Waals surface area contributed by atoms with Gasteiger partial charge >= 0.3 is 40.0 Å². The summed E-state index contributed by atoms with van der Waals surface area (Å²) in [6.07, 6.45) is 0. The Labute approximate surface area is 75.9 Å². The van der Waals surface area contributed by atoms with Gasteiger partial charge in [0.1, 0.15) is 0 Å². The van der Waals surface area contributed by atoms with E-state index in [0.717, 1.165) is 6.61 Å². The molecule has 0 radical (unpaired) electrons. The van der Waals surface area contributed by atoms with Crippen LogP contribution in [0.1, 0.15) is 6.92 Å². The molecule has 0 aromatic heterocycles. The quantitative estimate of drug-likeness (QED) is 0.201. The first-order valence-corrected chi connectivity index (χ1v) is 2.93. The molecule has 0 unspecified atom stereocenters. The molecule has 0 heterocycles. The van der Waals surface area contributed by atoms with Crippen molar-refractivity contribution in [1.29, 1.82) is 0 Å². The first-order chi connectivity index (χ1) is 3.41. The fraction of sp³-hybridized carbons (Fsp3) is 0.500. The summed E-state index contributed by atoms with van der Waals surface area (Å²) >= 11 is 0. The van der Waals surface area contributed by atoms with Crippen LogP contribution in [0, 0.1) is 6.61 Å². The Morgan fingerprint density at radius 2 is 1.33 bits per heavy atom. The zero-order chi connectivity index (χ0) is 7.21. The second-order valence-corrected chi connectivity index (χ2v) is 1.60. The van der Waals surface area contributed by atoms with Crippen LogP contribution in [0.3, 0.4) is 0 Å². The third-order valence-corrected chi connectivity index (χ3v) is 0. The second-order valence-electron chi connectivity index (χ2n) is 0.706. The molecular weight excluding hydrogens is 159 g/mol. The zero-order valence-electron chi connectivity index (χ0n) is 5.14. The number of rotatable bonds is 0. The summed E-state index contributed by atoms with van der Waals surface area (Å²) in [4.78, 5) is 0. The van der Waals surface area contributed by atoms with E-state index in [-0.39, 0.29) is 29.6 Å². The van der Waals surface area contributed by atoms with E-state index in [4.69, 9.17) is 22.6 Å². The van der Waals surface area contributed by atoms with Gasteiger partial charge in [-0.15, -0.1) is 0 Å². The van der Waals surface area contributed by atoms with E-state index in [2.05, 4.69) is 0 Å². The van der Waals surface area contributed by atoms with Gasteiger partial charge in [0.15, 0.2) is 0 Å². The summed E-state index contributed by atoms with van der Waals surface area (Å²) < 4.78 is 31.6. The van der Waals surface area contributed by atoms with E-state index < -0.39 is 10.4 Å². The predicted molar refractivity (Wildman–Crippen MR) is 26.1 cm³/mol. The fourth-order valence-corrected chi connectivity index (χ4v) is 0. The van der Waals surface area contributed by atoms with Gasteiger partial charge in [-0.1, -0.05) is 0 Å². The first kappa shape index (κ1) is 16.4. The first-order valence-electron chi connectivity index (χ1n) is 1.53. The van der Waals surface area contributed by atoms with Crippen LogP contribution in [0.2, 0.25) is 0 Å². The van der Waals surface area contributed by atoms with Gasteiger partial charge in [0.2, 0.25) is 0 Å². The molecule has 3 N–H and O–H groups in total. The number of aliphatic hydroxyl groups excluding tert-OH is 1. The predicted octanol–water partition coefficient (Wildman–Crippen LogP) is -3.11. The van der Waals surface area contributed by atoms with Gasteiger partial charge < -0.3 is 5.11 Å². The maximum Gasteiger partial charge on any atom is 1.00 e. The van der Waals surface area contributed by atoms with Crippen LogP contribution in [-0.2, 0) is 10.4 Å². The molecule has 0 saturated carbocycles. The Bertz CT molecular complexity index is 109. The van der Waals surface area contributed by atoms with Crippen LogP contribution in [0.5, 0.6) is 0 Å². The van der Waals surface area contributed by atoms with Gasteiger partial charge in [-0.2, -0.15) is 15.3 Å². The third-order valence-electron chi connectivity index (χ3n) is 0. The molecule has 0 aromatic carbocycles. The Morgan fingerprint density at radius 1 is 1.33 bits per heavy atom. The Balaban J connectivity index is -0.0000000800. The minimum atomic E-state index is -4.67. The average Bonchev–Trinajstić information content (AvgIpc) is 1.27. The van der Waals surface area contributed by atoms with Crippen molar-refractivity contribution in [1.82, 2.24) is 0 Å². The van der Waals surface area contributed by atoms with Crippen molar-refractivity contribution in [2.45, 2.75) is 6.92 Å². The topological polar surface area (TPSA) is 94.8 Å². The van der Waals surface area contributed by atoms with E-state index in [1.54, 1.807) is 6.92 Å². The van der Waals surface area contributed by atoms with E-state index in [1.807, 2.05) is 0 Å². The van der Waals surface area contributed by atoms with Gasteiger partial charge in [-0.05, 0) is 0 Å². The molecule has 0 atom stereocenters. The molecule has 7 heteroatoms. The van der Waals surface area contributed by atoms with Crippen molar-refractivity contribution < 1.29 is 52.2 Å². The molecule has 0 amide bonds. The monoisotopic (exact) mass is 166 g/mol. The summed E-state index contributed by atoms with van der Waals surface area (Å²) in [5, 5.41) is 7.44. The van der Waals surface area contributed by atoms with Crippen LogP contribution >= 0.6 is 0 Å². The Kier molecular flexibility index (Phi) is 16.1. The fourth-order valence-electron chi connectivity index (χ4n) is 0. The van der Waals surface area contributed by atoms with Crippen LogP contribution in [0.4, 0.5) is 0 Å². The van der Waals surface area contributed by atoms with Crippen molar-refractivity contribution in [3.63, 3.8) is 0 Å². The van der Waals surface area contributed by atoms with Crippen molar-refractivity contribution in [3.8, 4) is 0 Å². The van der Waals surface area contributed by atoms with Gasteiger partial charge in [0.25, 0.3) is 0 Å². The van der Waals surface area contributed by atoms with Gasteiger partial charge in [-0.3, -0.25) is 9.11 Å². The zero-order valence-corrected chi connectivity index (χ0v) is 7.96. The van der Waals surface area contributed by atoms with E-state index in [9.17, 15) is 0 Å². The molecule has 0 bridgehead atoms. The molecule has 52 valence electrons. The molecule has 0 rings (SSSR count). The minimum Gasteiger partial charge on any atom is -0.566 e. The number of hydrogen-bond donors (Lipinski definition) is 3. The Hall–Kier alpha value is 0.830. The molecule has 0 aliphatic rings. The van der Waals surface area contributed by atoms with Crippen LogP contribution in [0.25, 0.3) is 0 Å². The summed E-state index contributed by atoms with van der Waals surface area (Å²) in [6, 6.07) is 0. The van der Waals surface area contributed by atoms with Crippen molar-refractivity contribution in [2.75, 3.05) is 0 Å². The average molecular weight is 166 g/mol. The molecule has 0 aromatic rings. The van der Waals surface area contributed by atoms with E-state index >= 15 is 0 Å². The molecule has 0 spiro atoms. The molecule has 0 aliphatic carbocycles. The number of aliphatic hydroxyl groups is 1. The van der Waals surface area contributed by atoms with Crippen molar-refractivity contribution in [3.05, 3.63) is 6.61 Å². The third kappa shape index (κ3) is 598. The molecular formula is C2H7NaO5S. The van der Waals surface area contributed by atoms with Crippen LogP contribution < -0.4 is 29.6 Å². The van der Waals surface area contributed by atoms with Crippen LogP contribution in [0.15, 0.2) is 0 Å². The normalized spacial score (nSPS) is 8.44. The van der Waals surface area contributed by atoms with Crippen molar-refractivity contribution >= 4 is 10.4 Å². The maximum atomic E-state index is 8.74. The van der Waals surface area contributed by atoms with Gasteiger partial charge in [-0.25, -0.2) is 6.61 Å². The molecule has 9 heavy (non-hydrogen) atoms. The summed E-state index contributed by atoms with van der Waals surface area (Å²) in [6.45, 7) is 2.56. The molecule has 0 fully saturated rings. The van der Waals surface area contributed by atoms with E-state index in [0.29, 0.717) is 0 Å². The van der Waals surface area contributed by atoms with Gasteiger partial charge in [0, 0.05) is 0 Å². The minimum absolute atomic E-state index is 0. The largest absolute Gasteiger partial charge is 1.00 e. The van der Waals surface area contributed by atoms with Gasteiger partial charge in [0.05, 0.1) is 0 Å². The molecule has 5 nitrogen and oxygen atoms in total. The summed E-state index contributed by atoms with van der Waals surface area (Å²) in [5.74, 6) is 0. The smallest absolute Gasteiger partial charge is 0.566 e. The SMILES string of the molecule is C[CH-]O.O=S(=O)(O)O.[Na+]. The van der Waals surface area contributed by atoms with Crippen molar-refractivity contribution in [2.24, 2.45) is 0 Å². The van der Waals surface area contributed by atoms with E-state index in [1.165, 1.54) is 0 Å². The summed E-state index contributed by atoms with van der Waals surface area (Å²) in [5.41, 5.74) is 0. The number of hydrogen-bond acceptors (Lipinski definition) is 3. The maximum absolute atomic E-state index is 8.74. The molecule has 0 aliphatic heterocycles. The molecule has 0 saturated heterocycles. The standard InChI is InChI=1S/C2H5O.Na.H2O4S/c1-2-3;;1-5(2,3)4/h2-3H,1H3;;(H2,1,2,3,4)/q-1;+1;. The van der Waals surface area contributed by atoms with Crippen LogP contribution in [-0.4, -0.2) is 22.6 Å².